The van der Waals surface area contributed by atoms with Gasteiger partial charge in [-0.15, -0.1) is 0 Å². The lowest BCUT2D eigenvalue weighted by molar-refractivity contribution is -0.127. The minimum atomic E-state index is -0.548. The summed E-state index contributed by atoms with van der Waals surface area (Å²) in [6.07, 6.45) is 0. The fourth-order valence-electron chi connectivity index (χ4n) is 1.35. The third-order valence-electron chi connectivity index (χ3n) is 2.77. The first-order valence-corrected chi connectivity index (χ1v) is 6.41. The van der Waals surface area contributed by atoms with Gasteiger partial charge < -0.3 is 20.7 Å². The van der Waals surface area contributed by atoms with Crippen LogP contribution in [0, 0.1) is 0 Å². The zero-order valence-corrected chi connectivity index (χ0v) is 12.1. The first-order valence-electron chi connectivity index (χ1n) is 6.41. The fourth-order valence-corrected chi connectivity index (χ4v) is 1.35. The predicted octanol–water partition coefficient (Wildman–Crippen LogP) is 0.829. The lowest BCUT2D eigenvalue weighted by atomic mass is 10.2. The molecule has 0 fully saturated rings. The number of amides is 2. The second-order valence-corrected chi connectivity index (χ2v) is 4.59. The number of rotatable bonds is 6. The largest absolute Gasteiger partial charge is 0.492 e. The lowest BCUT2D eigenvalue weighted by Gasteiger charge is -2.15. The maximum absolute atomic E-state index is 11.4. The van der Waals surface area contributed by atoms with Crippen LogP contribution in [-0.2, 0) is 9.59 Å². The van der Waals surface area contributed by atoms with Crippen molar-refractivity contribution >= 4 is 17.5 Å². The summed E-state index contributed by atoms with van der Waals surface area (Å²) in [5.74, 6) is 0.449. The zero-order valence-electron chi connectivity index (χ0n) is 12.1. The molecule has 0 aromatic heterocycles. The molecule has 1 unspecified atom stereocenters. The second kappa shape index (κ2) is 7.49. The van der Waals surface area contributed by atoms with Crippen molar-refractivity contribution < 1.29 is 14.3 Å². The number of ether oxygens (including phenoxy) is 1. The van der Waals surface area contributed by atoms with Crippen LogP contribution < -0.4 is 15.8 Å². The molecule has 0 radical (unpaired) electrons. The van der Waals surface area contributed by atoms with Gasteiger partial charge in [-0.25, -0.2) is 0 Å². The fraction of sp³-hybridized carbons (Fsp3) is 0.429. The quantitative estimate of drug-likeness (QED) is 0.807. The van der Waals surface area contributed by atoms with E-state index in [1.807, 2.05) is 0 Å². The number of nitrogens with zero attached hydrogens (tertiary/aromatic N) is 1. The van der Waals surface area contributed by atoms with E-state index >= 15 is 0 Å². The maximum atomic E-state index is 11.4. The van der Waals surface area contributed by atoms with Gasteiger partial charge in [0.1, 0.15) is 12.4 Å². The van der Waals surface area contributed by atoms with Gasteiger partial charge in [0.25, 0.3) is 0 Å². The summed E-state index contributed by atoms with van der Waals surface area (Å²) in [4.78, 5) is 24.0. The van der Waals surface area contributed by atoms with Gasteiger partial charge in [0.15, 0.2) is 0 Å². The molecule has 1 aromatic rings. The molecule has 6 heteroatoms. The van der Waals surface area contributed by atoms with E-state index < -0.39 is 6.04 Å². The van der Waals surface area contributed by atoms with Crippen LogP contribution in [-0.4, -0.2) is 43.0 Å². The molecule has 1 aromatic carbocycles. The van der Waals surface area contributed by atoms with Crippen LogP contribution in [0.1, 0.15) is 13.8 Å². The summed E-state index contributed by atoms with van der Waals surface area (Å²) in [5.41, 5.74) is 6.13. The highest BCUT2D eigenvalue weighted by Gasteiger charge is 2.07. The van der Waals surface area contributed by atoms with Crippen LogP contribution >= 0.6 is 0 Å². The highest BCUT2D eigenvalue weighted by atomic mass is 16.5. The molecule has 1 rings (SSSR count). The summed E-state index contributed by atoms with van der Waals surface area (Å²) in [7, 11) is 1.72. The standard InChI is InChI=1S/C14H21N3O3/c1-10(15)14(19)16-12-4-6-13(7-5-12)20-9-8-17(3)11(2)18/h4-7,10H,8-9,15H2,1-3H3,(H,16,19). The van der Waals surface area contributed by atoms with Crippen molar-refractivity contribution in [3.05, 3.63) is 24.3 Å². The van der Waals surface area contributed by atoms with Crippen molar-refractivity contribution in [2.45, 2.75) is 19.9 Å². The molecule has 0 aliphatic heterocycles. The Morgan fingerprint density at radius 2 is 1.95 bits per heavy atom. The number of benzene rings is 1. The van der Waals surface area contributed by atoms with Crippen LogP contribution in [0.2, 0.25) is 0 Å². The molecule has 20 heavy (non-hydrogen) atoms. The minimum Gasteiger partial charge on any atom is -0.492 e. The van der Waals surface area contributed by atoms with E-state index in [2.05, 4.69) is 5.32 Å². The Balaban J connectivity index is 2.43. The normalized spacial score (nSPS) is 11.6. The second-order valence-electron chi connectivity index (χ2n) is 4.59. The van der Waals surface area contributed by atoms with Crippen molar-refractivity contribution in [2.24, 2.45) is 5.73 Å². The molecule has 1 atom stereocenters. The van der Waals surface area contributed by atoms with Gasteiger partial charge >= 0.3 is 0 Å². The molecule has 6 nitrogen and oxygen atoms in total. The zero-order chi connectivity index (χ0) is 15.1. The van der Waals surface area contributed by atoms with E-state index in [0.717, 1.165) is 0 Å². The molecule has 110 valence electrons. The molecular weight excluding hydrogens is 258 g/mol. The van der Waals surface area contributed by atoms with Crippen molar-refractivity contribution in [2.75, 3.05) is 25.5 Å². The Kier molecular flexibility index (Phi) is 5.99. The number of anilines is 1. The summed E-state index contributed by atoms with van der Waals surface area (Å²) < 4.78 is 5.50. The average molecular weight is 279 g/mol. The number of likely N-dealkylation sites (N-methyl/N-ethyl adjacent to an activating group) is 1. The first-order chi connectivity index (χ1) is 9.40. The molecule has 2 amide bonds. The molecule has 0 bridgehead atoms. The van der Waals surface area contributed by atoms with E-state index in [9.17, 15) is 9.59 Å². The number of nitrogens with two attached hydrogens (primary N) is 1. The summed E-state index contributed by atoms with van der Waals surface area (Å²) in [5, 5.41) is 2.69. The molecule has 3 N–H and O–H groups in total. The molecule has 0 aliphatic carbocycles. The van der Waals surface area contributed by atoms with Gasteiger partial charge in [-0.05, 0) is 31.2 Å². The molecule has 0 heterocycles. The van der Waals surface area contributed by atoms with Crippen LogP contribution in [0.15, 0.2) is 24.3 Å². The first kappa shape index (κ1) is 16.0. The number of nitrogens with one attached hydrogen (secondary N) is 1. The monoisotopic (exact) mass is 279 g/mol. The van der Waals surface area contributed by atoms with Crippen LogP contribution in [0.4, 0.5) is 5.69 Å². The molecule has 0 saturated carbocycles. The molecule has 0 spiro atoms. The average Bonchev–Trinajstić information content (AvgIpc) is 2.40. The third kappa shape index (κ3) is 5.27. The Bertz CT molecular complexity index is 457. The predicted molar refractivity (Wildman–Crippen MR) is 77.5 cm³/mol. The number of carbonyl (C=O) groups excluding carboxylic acids is 2. The number of hydrogen-bond acceptors (Lipinski definition) is 4. The van der Waals surface area contributed by atoms with Crippen molar-refractivity contribution in [3.63, 3.8) is 0 Å². The van der Waals surface area contributed by atoms with E-state index in [1.54, 1.807) is 43.1 Å². The van der Waals surface area contributed by atoms with Crippen molar-refractivity contribution in [3.8, 4) is 5.75 Å². The molecule has 0 saturated heterocycles. The van der Waals surface area contributed by atoms with Gasteiger partial charge in [0.05, 0.1) is 12.6 Å². The van der Waals surface area contributed by atoms with Crippen LogP contribution in [0.3, 0.4) is 0 Å². The van der Waals surface area contributed by atoms with Gasteiger partial charge in [-0.3, -0.25) is 9.59 Å². The summed E-state index contributed by atoms with van der Waals surface area (Å²) >= 11 is 0. The highest BCUT2D eigenvalue weighted by Crippen LogP contribution is 2.15. The van der Waals surface area contributed by atoms with Crippen LogP contribution in [0.5, 0.6) is 5.75 Å². The van der Waals surface area contributed by atoms with E-state index in [-0.39, 0.29) is 11.8 Å². The smallest absolute Gasteiger partial charge is 0.240 e. The topological polar surface area (TPSA) is 84.7 Å². The highest BCUT2D eigenvalue weighted by molar-refractivity contribution is 5.94. The van der Waals surface area contributed by atoms with Gasteiger partial charge in [0.2, 0.25) is 11.8 Å². The van der Waals surface area contributed by atoms with E-state index in [0.29, 0.717) is 24.6 Å². The maximum Gasteiger partial charge on any atom is 0.240 e. The van der Waals surface area contributed by atoms with Gasteiger partial charge in [0, 0.05) is 19.7 Å². The Labute approximate surface area is 118 Å². The summed E-state index contributed by atoms with van der Waals surface area (Å²) in [6, 6.07) is 6.44. The summed E-state index contributed by atoms with van der Waals surface area (Å²) in [6.45, 7) is 4.08. The van der Waals surface area contributed by atoms with Crippen molar-refractivity contribution in [1.29, 1.82) is 0 Å². The van der Waals surface area contributed by atoms with Gasteiger partial charge in [-0.2, -0.15) is 0 Å². The number of carbonyl (C=O) groups is 2. The van der Waals surface area contributed by atoms with E-state index in [4.69, 9.17) is 10.5 Å². The lowest BCUT2D eigenvalue weighted by Crippen LogP contribution is -2.32. The number of hydrogen-bond donors (Lipinski definition) is 2. The minimum absolute atomic E-state index is 0.00237. The Morgan fingerprint density at radius 3 is 2.45 bits per heavy atom. The molecular formula is C14H21N3O3. The van der Waals surface area contributed by atoms with E-state index in [1.165, 1.54) is 6.92 Å². The molecule has 0 aliphatic rings. The Morgan fingerprint density at radius 1 is 1.35 bits per heavy atom. The van der Waals surface area contributed by atoms with Crippen molar-refractivity contribution in [1.82, 2.24) is 4.90 Å². The van der Waals surface area contributed by atoms with Crippen LogP contribution in [0.25, 0.3) is 0 Å². The SMILES string of the molecule is CC(=O)N(C)CCOc1ccc(NC(=O)C(C)N)cc1. The third-order valence-corrected chi connectivity index (χ3v) is 2.77. The Hall–Kier alpha value is -2.08. The van der Waals surface area contributed by atoms with Gasteiger partial charge in [-0.1, -0.05) is 0 Å².